The third kappa shape index (κ3) is 7.82. The van der Waals surface area contributed by atoms with Crippen LogP contribution >= 0.6 is 0 Å². The van der Waals surface area contributed by atoms with E-state index in [0.717, 1.165) is 5.57 Å². The lowest BCUT2D eigenvalue weighted by Gasteiger charge is -2.07. The lowest BCUT2D eigenvalue weighted by Crippen LogP contribution is -2.12. The highest BCUT2D eigenvalue weighted by molar-refractivity contribution is 5.87. The SMILES string of the molecule is C=COCCC(=C)C(=O)OCOCC(=C)C. The van der Waals surface area contributed by atoms with Crippen LogP contribution in [0.5, 0.6) is 0 Å². The molecule has 0 aliphatic carbocycles. The van der Waals surface area contributed by atoms with Crippen molar-refractivity contribution >= 4 is 5.97 Å². The number of rotatable bonds is 9. The van der Waals surface area contributed by atoms with Crippen LogP contribution in [0.4, 0.5) is 0 Å². The van der Waals surface area contributed by atoms with E-state index in [0.29, 0.717) is 25.2 Å². The van der Waals surface area contributed by atoms with Gasteiger partial charge in [-0.1, -0.05) is 25.3 Å². The predicted octanol–water partition coefficient (Wildman–Crippen LogP) is 2.19. The van der Waals surface area contributed by atoms with Gasteiger partial charge in [-0.2, -0.15) is 0 Å². The summed E-state index contributed by atoms with van der Waals surface area (Å²) in [5, 5.41) is 0. The first kappa shape index (κ1) is 14.5. The molecule has 0 aromatic rings. The third-order valence-corrected chi connectivity index (χ3v) is 1.55. The van der Waals surface area contributed by atoms with E-state index < -0.39 is 5.97 Å². The van der Waals surface area contributed by atoms with E-state index in [1.54, 1.807) is 0 Å². The molecule has 0 saturated carbocycles. The maximum Gasteiger partial charge on any atom is 0.335 e. The zero-order chi connectivity index (χ0) is 12.4. The van der Waals surface area contributed by atoms with Gasteiger partial charge in [-0.3, -0.25) is 0 Å². The summed E-state index contributed by atoms with van der Waals surface area (Å²) in [6.45, 7) is 13.1. The average Bonchev–Trinajstić information content (AvgIpc) is 2.24. The fraction of sp³-hybridized carbons (Fsp3) is 0.417. The largest absolute Gasteiger partial charge is 0.501 e. The van der Waals surface area contributed by atoms with Gasteiger partial charge in [-0.25, -0.2) is 4.79 Å². The molecule has 16 heavy (non-hydrogen) atoms. The van der Waals surface area contributed by atoms with Gasteiger partial charge in [0.15, 0.2) is 6.79 Å². The number of carbonyl (C=O) groups excluding carboxylic acids is 1. The van der Waals surface area contributed by atoms with Crippen molar-refractivity contribution in [1.82, 2.24) is 0 Å². The molecule has 0 spiro atoms. The number of esters is 1. The Hall–Kier alpha value is -1.55. The van der Waals surface area contributed by atoms with E-state index in [-0.39, 0.29) is 6.79 Å². The minimum absolute atomic E-state index is 0.0902. The summed E-state index contributed by atoms with van der Waals surface area (Å²) in [6, 6.07) is 0. The normalized spacial score (nSPS) is 9.31. The Bertz CT molecular complexity index is 268. The van der Waals surface area contributed by atoms with E-state index >= 15 is 0 Å². The van der Waals surface area contributed by atoms with Crippen LogP contribution in [-0.2, 0) is 19.0 Å². The molecule has 0 bridgehead atoms. The summed E-state index contributed by atoms with van der Waals surface area (Å²) in [4.78, 5) is 11.3. The predicted molar refractivity (Wildman–Crippen MR) is 61.6 cm³/mol. The fourth-order valence-electron chi connectivity index (χ4n) is 0.781. The van der Waals surface area contributed by atoms with Gasteiger partial charge in [0.1, 0.15) is 0 Å². The quantitative estimate of drug-likeness (QED) is 0.151. The first-order valence-electron chi connectivity index (χ1n) is 4.87. The molecule has 0 fully saturated rings. The van der Waals surface area contributed by atoms with Gasteiger partial charge < -0.3 is 14.2 Å². The van der Waals surface area contributed by atoms with Crippen LogP contribution in [0.15, 0.2) is 37.1 Å². The Morgan fingerprint density at radius 3 is 2.62 bits per heavy atom. The van der Waals surface area contributed by atoms with Gasteiger partial charge in [0.25, 0.3) is 0 Å². The summed E-state index contributed by atoms with van der Waals surface area (Å²) in [5.74, 6) is -0.477. The summed E-state index contributed by atoms with van der Waals surface area (Å²) in [5.41, 5.74) is 1.22. The molecule has 0 rings (SSSR count). The van der Waals surface area contributed by atoms with E-state index in [9.17, 15) is 4.79 Å². The minimum Gasteiger partial charge on any atom is -0.501 e. The van der Waals surface area contributed by atoms with Crippen molar-refractivity contribution in [2.45, 2.75) is 13.3 Å². The fourth-order valence-corrected chi connectivity index (χ4v) is 0.781. The van der Waals surface area contributed by atoms with Crippen molar-refractivity contribution in [2.75, 3.05) is 20.0 Å². The van der Waals surface area contributed by atoms with Crippen LogP contribution in [0.2, 0.25) is 0 Å². The smallest absolute Gasteiger partial charge is 0.335 e. The molecule has 0 N–H and O–H groups in total. The molecule has 0 saturated heterocycles. The third-order valence-electron chi connectivity index (χ3n) is 1.55. The van der Waals surface area contributed by atoms with Gasteiger partial charge in [0.2, 0.25) is 0 Å². The molecule has 4 heteroatoms. The number of hydrogen-bond acceptors (Lipinski definition) is 4. The summed E-state index contributed by atoms with van der Waals surface area (Å²) in [6.07, 6.45) is 1.72. The minimum atomic E-state index is -0.477. The molecule has 90 valence electrons. The summed E-state index contributed by atoms with van der Waals surface area (Å²) in [7, 11) is 0. The molecular formula is C12H18O4. The van der Waals surface area contributed by atoms with Crippen LogP contribution < -0.4 is 0 Å². The van der Waals surface area contributed by atoms with E-state index in [2.05, 4.69) is 19.7 Å². The molecule has 0 amide bonds. The molecule has 0 radical (unpaired) electrons. The lowest BCUT2D eigenvalue weighted by atomic mass is 10.2. The Kier molecular flexibility index (Phi) is 7.89. The molecule has 0 aliphatic rings. The summed E-state index contributed by atoms with van der Waals surface area (Å²) >= 11 is 0. The molecule has 0 atom stereocenters. The number of ether oxygens (including phenoxy) is 3. The van der Waals surface area contributed by atoms with E-state index in [4.69, 9.17) is 14.2 Å². The molecule has 0 heterocycles. The van der Waals surface area contributed by atoms with E-state index in [1.807, 2.05) is 6.92 Å². The highest BCUT2D eigenvalue weighted by atomic mass is 16.7. The Morgan fingerprint density at radius 2 is 2.06 bits per heavy atom. The second-order valence-electron chi connectivity index (χ2n) is 3.25. The van der Waals surface area contributed by atoms with Crippen LogP contribution in [0.25, 0.3) is 0 Å². The maximum absolute atomic E-state index is 11.3. The highest BCUT2D eigenvalue weighted by Gasteiger charge is 2.07. The monoisotopic (exact) mass is 226 g/mol. The Labute approximate surface area is 96.2 Å². The van der Waals surface area contributed by atoms with E-state index in [1.165, 1.54) is 6.26 Å². The van der Waals surface area contributed by atoms with Gasteiger partial charge in [0.05, 0.1) is 19.5 Å². The van der Waals surface area contributed by atoms with Crippen molar-refractivity contribution in [1.29, 1.82) is 0 Å². The van der Waals surface area contributed by atoms with Crippen LogP contribution in [-0.4, -0.2) is 26.0 Å². The molecule has 0 aromatic carbocycles. The lowest BCUT2D eigenvalue weighted by molar-refractivity contribution is -0.150. The van der Waals surface area contributed by atoms with Gasteiger partial charge >= 0.3 is 5.97 Å². The van der Waals surface area contributed by atoms with Gasteiger partial charge in [-0.15, -0.1) is 0 Å². The molecule has 0 unspecified atom stereocenters. The Balaban J connectivity index is 3.59. The van der Waals surface area contributed by atoms with Crippen molar-refractivity contribution < 1.29 is 19.0 Å². The first-order valence-corrected chi connectivity index (χ1v) is 4.87. The zero-order valence-electron chi connectivity index (χ0n) is 9.66. The standard InChI is InChI=1S/C12H18O4/c1-5-14-7-6-11(4)12(13)16-9-15-8-10(2)3/h5H,1-2,4,6-9H2,3H3. The zero-order valence-corrected chi connectivity index (χ0v) is 9.66. The molecular weight excluding hydrogens is 208 g/mol. The Morgan fingerprint density at radius 1 is 1.38 bits per heavy atom. The van der Waals surface area contributed by atoms with Crippen LogP contribution in [0.1, 0.15) is 13.3 Å². The van der Waals surface area contributed by atoms with Crippen molar-refractivity contribution in [2.24, 2.45) is 0 Å². The van der Waals surface area contributed by atoms with Crippen molar-refractivity contribution in [3.8, 4) is 0 Å². The van der Waals surface area contributed by atoms with Crippen LogP contribution in [0.3, 0.4) is 0 Å². The highest BCUT2D eigenvalue weighted by Crippen LogP contribution is 2.02. The first-order chi connectivity index (χ1) is 7.57. The summed E-state index contributed by atoms with van der Waals surface area (Å²) < 4.78 is 14.7. The second-order valence-corrected chi connectivity index (χ2v) is 3.25. The van der Waals surface area contributed by atoms with Gasteiger partial charge in [0, 0.05) is 12.0 Å². The molecule has 0 aliphatic heterocycles. The second kappa shape index (κ2) is 8.73. The van der Waals surface area contributed by atoms with Crippen molar-refractivity contribution in [3.05, 3.63) is 37.1 Å². The molecule has 4 nitrogen and oxygen atoms in total. The van der Waals surface area contributed by atoms with Gasteiger partial charge in [-0.05, 0) is 6.92 Å². The number of carbonyl (C=O) groups is 1. The topological polar surface area (TPSA) is 44.8 Å². The van der Waals surface area contributed by atoms with Crippen molar-refractivity contribution in [3.63, 3.8) is 0 Å². The maximum atomic E-state index is 11.3. The average molecular weight is 226 g/mol. The van der Waals surface area contributed by atoms with Crippen LogP contribution in [0, 0.1) is 0 Å². The number of hydrogen-bond donors (Lipinski definition) is 0. The molecule has 0 aromatic heterocycles.